The fourth-order valence-corrected chi connectivity index (χ4v) is 2.79. The van der Waals surface area contributed by atoms with Crippen molar-refractivity contribution in [3.05, 3.63) is 64.2 Å². The van der Waals surface area contributed by atoms with Crippen molar-refractivity contribution in [2.45, 2.75) is 32.8 Å². The van der Waals surface area contributed by atoms with E-state index in [1.165, 1.54) is 7.11 Å². The third-order valence-electron chi connectivity index (χ3n) is 4.28. The SMILES string of the molecule is COc1cc(OCCOCc2ccccc2)cc2nc(C(C)(C)C)[nH]c(=O)c12. The van der Waals surface area contributed by atoms with Gasteiger partial charge in [-0.05, 0) is 5.56 Å². The average molecular weight is 382 g/mol. The molecule has 0 bridgehead atoms. The van der Waals surface area contributed by atoms with Crippen LogP contribution in [0.5, 0.6) is 11.5 Å². The minimum Gasteiger partial charge on any atom is -0.496 e. The summed E-state index contributed by atoms with van der Waals surface area (Å²) in [5.41, 5.74) is 1.17. The van der Waals surface area contributed by atoms with Crippen molar-refractivity contribution in [3.63, 3.8) is 0 Å². The quantitative estimate of drug-likeness (QED) is 0.629. The van der Waals surface area contributed by atoms with E-state index < -0.39 is 0 Å². The Hall–Kier alpha value is -2.86. The Balaban J connectivity index is 1.73. The second kappa shape index (κ2) is 8.44. The van der Waals surface area contributed by atoms with Crippen LogP contribution in [-0.4, -0.2) is 30.3 Å². The lowest BCUT2D eigenvalue weighted by molar-refractivity contribution is 0.0889. The fourth-order valence-electron chi connectivity index (χ4n) is 2.79. The number of aromatic nitrogens is 2. The lowest BCUT2D eigenvalue weighted by Crippen LogP contribution is -2.22. The number of benzene rings is 2. The molecular weight excluding hydrogens is 356 g/mol. The van der Waals surface area contributed by atoms with Crippen molar-refractivity contribution in [2.75, 3.05) is 20.3 Å². The van der Waals surface area contributed by atoms with Crippen LogP contribution in [0.15, 0.2) is 47.3 Å². The molecule has 0 atom stereocenters. The Morgan fingerprint density at radius 2 is 1.82 bits per heavy atom. The molecule has 0 spiro atoms. The van der Waals surface area contributed by atoms with Gasteiger partial charge < -0.3 is 19.2 Å². The minimum atomic E-state index is -0.275. The summed E-state index contributed by atoms with van der Waals surface area (Å²) < 4.78 is 16.8. The lowest BCUT2D eigenvalue weighted by Gasteiger charge is -2.18. The van der Waals surface area contributed by atoms with E-state index in [4.69, 9.17) is 14.2 Å². The van der Waals surface area contributed by atoms with E-state index in [0.717, 1.165) is 5.56 Å². The van der Waals surface area contributed by atoms with Crippen molar-refractivity contribution in [2.24, 2.45) is 0 Å². The first kappa shape index (κ1) is 19.9. The molecule has 0 saturated heterocycles. The molecule has 0 saturated carbocycles. The number of H-pyrrole nitrogens is 1. The Morgan fingerprint density at radius 3 is 2.50 bits per heavy atom. The van der Waals surface area contributed by atoms with Gasteiger partial charge in [-0.3, -0.25) is 4.79 Å². The van der Waals surface area contributed by atoms with Gasteiger partial charge in [0.25, 0.3) is 5.56 Å². The second-order valence-corrected chi connectivity index (χ2v) is 7.57. The van der Waals surface area contributed by atoms with Gasteiger partial charge in [0.15, 0.2) is 0 Å². The number of aromatic amines is 1. The third-order valence-corrected chi connectivity index (χ3v) is 4.28. The number of methoxy groups -OCH3 is 1. The number of fused-ring (bicyclic) bond motifs is 1. The van der Waals surface area contributed by atoms with Crippen LogP contribution in [-0.2, 0) is 16.8 Å². The van der Waals surface area contributed by atoms with Gasteiger partial charge in [0, 0.05) is 17.5 Å². The lowest BCUT2D eigenvalue weighted by atomic mass is 9.95. The first-order chi connectivity index (χ1) is 13.4. The standard InChI is InChI=1S/C22H26N2O4/c1-22(2,3)21-23-17-12-16(13-18(26-4)19(17)20(25)24-21)28-11-10-27-14-15-8-6-5-7-9-15/h5-9,12-13H,10-11,14H2,1-4H3,(H,23,24,25). The van der Waals surface area contributed by atoms with Gasteiger partial charge in [-0.1, -0.05) is 51.1 Å². The number of rotatable bonds is 7. The van der Waals surface area contributed by atoms with Gasteiger partial charge >= 0.3 is 0 Å². The maximum Gasteiger partial charge on any atom is 0.262 e. The molecule has 0 aliphatic rings. The molecule has 3 aromatic rings. The highest BCUT2D eigenvalue weighted by atomic mass is 16.5. The van der Waals surface area contributed by atoms with E-state index in [9.17, 15) is 4.79 Å². The molecule has 3 rings (SSSR count). The summed E-state index contributed by atoms with van der Waals surface area (Å²) in [6.45, 7) is 7.37. The molecule has 148 valence electrons. The summed E-state index contributed by atoms with van der Waals surface area (Å²) in [6.07, 6.45) is 0. The predicted molar refractivity (Wildman–Crippen MR) is 109 cm³/mol. The number of ether oxygens (including phenoxy) is 3. The van der Waals surface area contributed by atoms with Crippen LogP contribution in [0.25, 0.3) is 10.9 Å². The molecule has 2 aromatic carbocycles. The minimum absolute atomic E-state index is 0.218. The highest BCUT2D eigenvalue weighted by molar-refractivity contribution is 5.86. The van der Waals surface area contributed by atoms with Crippen LogP contribution in [0.4, 0.5) is 0 Å². The fraction of sp³-hybridized carbons (Fsp3) is 0.364. The zero-order chi connectivity index (χ0) is 20.1. The number of hydrogen-bond acceptors (Lipinski definition) is 5. The predicted octanol–water partition coefficient (Wildman–Crippen LogP) is 3.82. The van der Waals surface area contributed by atoms with Gasteiger partial charge in [0.2, 0.25) is 0 Å². The average Bonchev–Trinajstić information content (AvgIpc) is 2.67. The third kappa shape index (κ3) is 4.70. The maximum absolute atomic E-state index is 12.5. The van der Waals surface area contributed by atoms with E-state index >= 15 is 0 Å². The first-order valence-corrected chi connectivity index (χ1v) is 9.25. The van der Waals surface area contributed by atoms with Gasteiger partial charge in [0.05, 0.1) is 25.8 Å². The van der Waals surface area contributed by atoms with Gasteiger partial charge in [-0.25, -0.2) is 4.98 Å². The number of hydrogen-bond donors (Lipinski definition) is 1. The van der Waals surface area contributed by atoms with Crippen molar-refractivity contribution in [1.29, 1.82) is 0 Å². The van der Waals surface area contributed by atoms with E-state index in [0.29, 0.717) is 48.0 Å². The molecule has 0 aliphatic carbocycles. The van der Waals surface area contributed by atoms with Crippen LogP contribution < -0.4 is 15.0 Å². The van der Waals surface area contributed by atoms with E-state index in [1.54, 1.807) is 12.1 Å². The zero-order valence-electron chi connectivity index (χ0n) is 16.7. The van der Waals surface area contributed by atoms with E-state index in [-0.39, 0.29) is 11.0 Å². The molecule has 1 heterocycles. The van der Waals surface area contributed by atoms with Crippen LogP contribution in [0, 0.1) is 0 Å². The molecule has 0 amide bonds. The number of nitrogens with zero attached hydrogens (tertiary/aromatic N) is 1. The van der Waals surface area contributed by atoms with Gasteiger partial charge in [0.1, 0.15) is 29.3 Å². The van der Waals surface area contributed by atoms with Crippen LogP contribution in [0.2, 0.25) is 0 Å². The molecule has 1 aromatic heterocycles. The summed E-state index contributed by atoms with van der Waals surface area (Å²) in [5.74, 6) is 1.65. The Morgan fingerprint density at radius 1 is 1.07 bits per heavy atom. The summed E-state index contributed by atoms with van der Waals surface area (Å²) >= 11 is 0. The van der Waals surface area contributed by atoms with Crippen LogP contribution in [0.3, 0.4) is 0 Å². The number of nitrogens with one attached hydrogen (secondary N) is 1. The molecule has 0 radical (unpaired) electrons. The summed E-state index contributed by atoms with van der Waals surface area (Å²) in [6, 6.07) is 13.4. The van der Waals surface area contributed by atoms with Gasteiger partial charge in [-0.2, -0.15) is 0 Å². The summed E-state index contributed by atoms with van der Waals surface area (Å²) in [5, 5.41) is 0.420. The highest BCUT2D eigenvalue weighted by Crippen LogP contribution is 2.29. The first-order valence-electron chi connectivity index (χ1n) is 9.25. The van der Waals surface area contributed by atoms with E-state index in [1.807, 2.05) is 51.1 Å². The van der Waals surface area contributed by atoms with Gasteiger partial charge in [-0.15, -0.1) is 0 Å². The molecular formula is C22H26N2O4. The van der Waals surface area contributed by atoms with Crippen molar-refractivity contribution in [1.82, 2.24) is 9.97 Å². The summed E-state index contributed by atoms with van der Waals surface area (Å²) in [4.78, 5) is 20.0. The zero-order valence-corrected chi connectivity index (χ0v) is 16.7. The normalized spacial score (nSPS) is 11.6. The van der Waals surface area contributed by atoms with Crippen LogP contribution in [0.1, 0.15) is 32.2 Å². The topological polar surface area (TPSA) is 73.4 Å². The smallest absolute Gasteiger partial charge is 0.262 e. The van der Waals surface area contributed by atoms with Crippen molar-refractivity contribution < 1.29 is 14.2 Å². The highest BCUT2D eigenvalue weighted by Gasteiger charge is 2.20. The largest absolute Gasteiger partial charge is 0.496 e. The molecule has 0 unspecified atom stereocenters. The molecule has 28 heavy (non-hydrogen) atoms. The molecule has 0 fully saturated rings. The maximum atomic E-state index is 12.5. The van der Waals surface area contributed by atoms with Crippen molar-refractivity contribution in [3.8, 4) is 11.5 Å². The Labute approximate surface area is 164 Å². The monoisotopic (exact) mass is 382 g/mol. The molecule has 6 heteroatoms. The van der Waals surface area contributed by atoms with E-state index in [2.05, 4.69) is 9.97 Å². The molecule has 6 nitrogen and oxygen atoms in total. The Kier molecular flexibility index (Phi) is 5.99. The summed E-state index contributed by atoms with van der Waals surface area (Å²) in [7, 11) is 1.53. The Bertz CT molecular complexity index is 991. The van der Waals surface area contributed by atoms with Crippen molar-refractivity contribution >= 4 is 10.9 Å². The van der Waals surface area contributed by atoms with Crippen LogP contribution >= 0.6 is 0 Å². The molecule has 0 aliphatic heterocycles. The molecule has 1 N–H and O–H groups in total. The second-order valence-electron chi connectivity index (χ2n) is 7.57.